The largest absolute Gasteiger partial charge is 2.00 e. The predicted molar refractivity (Wildman–Crippen MR) is 127 cm³/mol. The van der Waals surface area contributed by atoms with Gasteiger partial charge in [-0.1, -0.05) is 35.8 Å². The van der Waals surface area contributed by atoms with Gasteiger partial charge < -0.3 is 51.3 Å². The molecule has 2 rings (SSSR count). The number of rotatable bonds is 9. The van der Waals surface area contributed by atoms with Gasteiger partial charge in [0.1, 0.15) is 0 Å². The number of nitrogens with zero attached hydrogens (tertiary/aromatic N) is 2. The van der Waals surface area contributed by atoms with Crippen LogP contribution >= 0.6 is 0 Å². The molecular weight excluding hydrogens is 465 g/mol. The number of hydrogen-bond donors (Lipinski definition) is 2. The molecule has 0 aliphatic carbocycles. The van der Waals surface area contributed by atoms with Crippen molar-refractivity contribution in [3.8, 4) is 22.6 Å². The van der Waals surface area contributed by atoms with E-state index in [0.717, 1.165) is 50.4 Å². The van der Waals surface area contributed by atoms with Crippen LogP contribution in [-0.2, 0) is 0 Å². The van der Waals surface area contributed by atoms with E-state index in [1.54, 1.807) is 0 Å². The van der Waals surface area contributed by atoms with Crippen LogP contribution in [0.2, 0.25) is 0 Å². The average Bonchev–Trinajstić information content (AvgIpc) is 2.77. The fraction of sp³-hybridized carbons (Fsp3) is 0.364. The Labute approximate surface area is 232 Å². The van der Waals surface area contributed by atoms with E-state index in [0.29, 0.717) is 0 Å². The predicted octanol–water partition coefficient (Wildman–Crippen LogP) is -2.12. The van der Waals surface area contributed by atoms with E-state index in [4.69, 9.17) is 0 Å². The molecule has 0 aromatic heterocycles. The summed E-state index contributed by atoms with van der Waals surface area (Å²) in [4.78, 5) is 21.5. The summed E-state index contributed by atoms with van der Waals surface area (Å²) in [7, 11) is 7.48. The maximum atomic E-state index is 11.3. The third kappa shape index (κ3) is 14.6. The number of carboxylic acids is 2. The summed E-state index contributed by atoms with van der Waals surface area (Å²) < 4.78 is 0. The minimum Gasteiger partial charge on any atom is -0.872 e. The molecule has 0 saturated carbocycles. The number of benzene rings is 2. The van der Waals surface area contributed by atoms with Gasteiger partial charge >= 0.3 is 46.1 Å². The minimum atomic E-state index is -1.63. The van der Waals surface area contributed by atoms with Crippen LogP contribution in [-0.4, -0.2) is 112 Å². The van der Waals surface area contributed by atoms with Gasteiger partial charge in [0.2, 0.25) is 0 Å². The quantitative estimate of drug-likeness (QED) is 0.294. The molecule has 178 valence electrons. The summed E-state index contributed by atoms with van der Waals surface area (Å²) >= 11 is 0. The molecule has 0 radical (unpaired) electrons. The minimum absolute atomic E-state index is 0. The fourth-order valence-corrected chi connectivity index (χ4v) is 2.19. The molecule has 0 fully saturated rings. The summed E-state index contributed by atoms with van der Waals surface area (Å²) in [5, 5.41) is 57.8. The molecule has 0 spiro atoms. The zero-order valence-corrected chi connectivity index (χ0v) is 22.9. The Morgan fingerprint density at radius 3 is 1.26 bits per heavy atom. The van der Waals surface area contributed by atoms with Crippen LogP contribution < -0.4 is 31.1 Å². The topological polar surface area (TPSA) is 179 Å². The number of carbonyl (C=O) groups excluding carboxylic acids is 2. The molecule has 12 heteroatoms. The second-order valence-electron chi connectivity index (χ2n) is 6.28. The summed E-state index contributed by atoms with van der Waals surface area (Å²) in [6, 6.07) is 6.85. The molecular formula is C22H28Mg2N4O6-2. The number of hydrogen-bond acceptors (Lipinski definition) is 8. The van der Waals surface area contributed by atoms with Gasteiger partial charge in [-0.3, -0.25) is 0 Å². The van der Waals surface area contributed by atoms with Crippen molar-refractivity contribution in [2.24, 2.45) is 0 Å². The molecule has 2 N–H and O–H groups in total. The number of likely N-dealkylation sites (N-methyl/N-ethyl adjacent to an activating group) is 4. The molecule has 2 aromatic rings. The standard InChI is InChI=1S/C14H10O6.2C4H11N2.2Mg/c15-11-3-1-7(5-9(11)13(17)18)8-2-4-12(16)10(6-8)14(19)20;2*1-5-3-4-6-2;;/h1-6,15-16H,(H,17,18)(H,19,20);2*5H,3-4H2,1-2H3;;/q;2*-1;2*+2/p-4. The Bertz CT molecular complexity index is 779. The first-order chi connectivity index (χ1) is 15.2. The first kappa shape index (κ1) is 36.9. The maximum absolute atomic E-state index is 11.3. The monoisotopic (exact) mass is 492 g/mol. The van der Waals surface area contributed by atoms with Crippen LogP contribution in [0.15, 0.2) is 36.4 Å². The molecule has 10 nitrogen and oxygen atoms in total. The van der Waals surface area contributed by atoms with E-state index in [1.807, 2.05) is 28.2 Å². The molecule has 2 aromatic carbocycles. The summed E-state index contributed by atoms with van der Waals surface area (Å²) in [5.74, 6) is -4.68. The molecule has 34 heavy (non-hydrogen) atoms. The number of aromatic carboxylic acids is 2. The van der Waals surface area contributed by atoms with Crippen LogP contribution in [0.5, 0.6) is 11.5 Å². The van der Waals surface area contributed by atoms with E-state index in [1.165, 1.54) is 12.1 Å². The number of carbonyl (C=O) groups is 2. The third-order valence-electron chi connectivity index (χ3n) is 3.90. The van der Waals surface area contributed by atoms with Crippen molar-refractivity contribution in [3.05, 3.63) is 58.2 Å². The van der Waals surface area contributed by atoms with E-state index in [9.17, 15) is 30.0 Å². The number of carboxylic acid groups (broad SMARTS) is 2. The van der Waals surface area contributed by atoms with E-state index in [-0.39, 0.29) is 57.2 Å². The average molecular weight is 493 g/mol. The van der Waals surface area contributed by atoms with E-state index in [2.05, 4.69) is 21.3 Å². The van der Waals surface area contributed by atoms with Gasteiger partial charge in [0, 0.05) is 0 Å². The first-order valence-electron chi connectivity index (χ1n) is 9.68. The SMILES string of the molecule is C[N-]CCNC.C[N-]CCNC.O=C([O-])c1cc(-c2ccc([O-])c(C(=O)[O-])c2)ccc1[O-].[Mg+2].[Mg+2]. The third-order valence-corrected chi connectivity index (χ3v) is 3.90. The van der Waals surface area contributed by atoms with Crippen molar-refractivity contribution in [2.45, 2.75) is 0 Å². The van der Waals surface area contributed by atoms with Crippen LogP contribution in [0.1, 0.15) is 20.7 Å². The van der Waals surface area contributed by atoms with Crippen molar-refractivity contribution < 1.29 is 30.0 Å². The summed E-state index contributed by atoms with van der Waals surface area (Å²) in [6.45, 7) is 3.85. The van der Waals surface area contributed by atoms with Gasteiger partial charge in [0.05, 0.1) is 11.9 Å². The van der Waals surface area contributed by atoms with Crippen molar-refractivity contribution in [2.75, 3.05) is 54.4 Å². The smallest absolute Gasteiger partial charge is 0.872 e. The van der Waals surface area contributed by atoms with Crippen LogP contribution in [0, 0.1) is 0 Å². The van der Waals surface area contributed by atoms with E-state index < -0.39 is 34.6 Å². The van der Waals surface area contributed by atoms with Gasteiger partial charge in [0.15, 0.2) is 0 Å². The summed E-state index contributed by atoms with van der Waals surface area (Å²) in [5.41, 5.74) is -0.509. The Balaban J connectivity index is -0.000000576. The Kier molecular flexibility index (Phi) is 23.7. The van der Waals surface area contributed by atoms with Crippen LogP contribution in [0.25, 0.3) is 21.8 Å². The Morgan fingerprint density at radius 1 is 0.735 bits per heavy atom. The van der Waals surface area contributed by atoms with Crippen LogP contribution in [0.3, 0.4) is 0 Å². The van der Waals surface area contributed by atoms with Gasteiger partial charge in [-0.15, -0.1) is 13.1 Å². The molecule has 0 aliphatic rings. The zero-order valence-electron chi connectivity index (χ0n) is 20.1. The molecule has 0 unspecified atom stereocenters. The molecule has 0 atom stereocenters. The molecule has 0 heterocycles. The van der Waals surface area contributed by atoms with E-state index >= 15 is 0 Å². The maximum Gasteiger partial charge on any atom is 2.00 e. The fourth-order valence-electron chi connectivity index (χ4n) is 2.19. The van der Waals surface area contributed by atoms with Gasteiger partial charge in [-0.25, -0.2) is 0 Å². The molecule has 0 saturated heterocycles. The van der Waals surface area contributed by atoms with Gasteiger partial charge in [-0.05, 0) is 61.6 Å². The molecule has 0 aliphatic heterocycles. The first-order valence-corrected chi connectivity index (χ1v) is 9.68. The second kappa shape index (κ2) is 21.9. The van der Waals surface area contributed by atoms with Crippen molar-refractivity contribution >= 4 is 58.0 Å². The normalized spacial score (nSPS) is 9.18. The van der Waals surface area contributed by atoms with Crippen molar-refractivity contribution in [3.63, 3.8) is 0 Å². The molecule has 0 bridgehead atoms. The molecule has 0 amide bonds. The Hall–Kier alpha value is -1.65. The number of nitrogens with one attached hydrogen (secondary N) is 2. The van der Waals surface area contributed by atoms with Gasteiger partial charge in [0.25, 0.3) is 0 Å². The van der Waals surface area contributed by atoms with Crippen molar-refractivity contribution in [1.82, 2.24) is 10.6 Å². The second-order valence-corrected chi connectivity index (χ2v) is 6.28. The van der Waals surface area contributed by atoms with Gasteiger partial charge in [-0.2, -0.15) is 14.1 Å². The van der Waals surface area contributed by atoms with Crippen LogP contribution in [0.4, 0.5) is 0 Å². The zero-order chi connectivity index (χ0) is 24.5. The summed E-state index contributed by atoms with van der Waals surface area (Å²) in [6.07, 6.45) is 0. The Morgan fingerprint density at radius 2 is 1.06 bits per heavy atom. The van der Waals surface area contributed by atoms with Crippen molar-refractivity contribution in [1.29, 1.82) is 0 Å².